The average Bonchev–Trinajstić information content (AvgIpc) is 2.63. The summed E-state index contributed by atoms with van der Waals surface area (Å²) in [6.07, 6.45) is 0. The Morgan fingerprint density at radius 3 is 2.32 bits per heavy atom. The first-order valence-corrected chi connectivity index (χ1v) is 7.32. The minimum absolute atomic E-state index is 0.0227. The summed E-state index contributed by atoms with van der Waals surface area (Å²) in [4.78, 5) is 32.7. The molecule has 0 bridgehead atoms. The minimum atomic E-state index is -1.24. The molecule has 0 atom stereocenters. The van der Waals surface area contributed by atoms with Crippen molar-refractivity contribution >= 4 is 28.5 Å². The van der Waals surface area contributed by atoms with Gasteiger partial charge in [-0.15, -0.1) is 0 Å². The zero-order chi connectivity index (χ0) is 18.2. The first kappa shape index (κ1) is 17.9. The molecule has 25 heavy (non-hydrogen) atoms. The van der Waals surface area contributed by atoms with Gasteiger partial charge in [0.1, 0.15) is 5.58 Å². The molecule has 0 aliphatic rings. The normalized spacial score (nSPS) is 9.80. The van der Waals surface area contributed by atoms with Crippen LogP contribution in [0.3, 0.4) is 0 Å². The Hall–Kier alpha value is -3.45. The first-order valence-electron chi connectivity index (χ1n) is 7.32. The summed E-state index contributed by atoms with van der Waals surface area (Å²) in [5.41, 5.74) is 5.83. The van der Waals surface area contributed by atoms with E-state index in [-0.39, 0.29) is 29.2 Å². The number of carboxylic acid groups (broad SMARTS) is 1. The number of carboxylic acids is 1. The number of carbonyl (C=O) groups excluding carboxylic acids is 1. The molecule has 7 nitrogen and oxygen atoms in total. The molecule has 4 N–H and O–H groups in total. The number of para-hydroxylation sites is 2. The molecule has 0 unspecified atom stereocenters. The van der Waals surface area contributed by atoms with Crippen molar-refractivity contribution in [1.29, 1.82) is 0 Å². The number of fused-ring (bicyclic) bond motifs is 1. The maximum Gasteiger partial charge on any atom is 0.371 e. The molecule has 0 aliphatic heterocycles. The van der Waals surface area contributed by atoms with Gasteiger partial charge in [-0.05, 0) is 24.3 Å². The minimum Gasteiger partial charge on any atom is -0.475 e. The molecule has 128 valence electrons. The molecule has 2 aromatic carbocycles. The quantitative estimate of drug-likeness (QED) is 0.671. The van der Waals surface area contributed by atoms with E-state index in [1.54, 1.807) is 24.3 Å². The fraction of sp³-hybridized carbons (Fsp3) is 0.0556. The van der Waals surface area contributed by atoms with Crippen LogP contribution < -0.4 is 16.5 Å². The second-order valence-electron chi connectivity index (χ2n) is 4.89. The van der Waals surface area contributed by atoms with Crippen molar-refractivity contribution in [3.63, 3.8) is 0 Å². The highest BCUT2D eigenvalue weighted by atomic mass is 16.4. The number of carbonyl (C=O) groups is 2. The molecule has 0 saturated carbocycles. The van der Waals surface area contributed by atoms with Gasteiger partial charge in [-0.1, -0.05) is 30.3 Å². The van der Waals surface area contributed by atoms with Crippen LogP contribution in [-0.2, 0) is 4.79 Å². The van der Waals surface area contributed by atoms with Crippen molar-refractivity contribution in [1.82, 2.24) is 0 Å². The van der Waals surface area contributed by atoms with Crippen LogP contribution in [0.15, 0.2) is 69.9 Å². The number of nitrogens with two attached hydrogens (primary N) is 1. The molecule has 0 saturated heterocycles. The monoisotopic (exact) mass is 340 g/mol. The van der Waals surface area contributed by atoms with E-state index in [1.165, 1.54) is 0 Å². The zero-order valence-electron chi connectivity index (χ0n) is 13.1. The number of hydrogen-bond donors (Lipinski definition) is 3. The van der Waals surface area contributed by atoms with Crippen molar-refractivity contribution in [2.45, 2.75) is 0 Å². The van der Waals surface area contributed by atoms with Gasteiger partial charge in [0.2, 0.25) is 11.7 Å². The van der Waals surface area contributed by atoms with Crippen molar-refractivity contribution in [3.05, 3.63) is 76.6 Å². The Kier molecular flexibility index (Phi) is 6.02. The second-order valence-corrected chi connectivity index (χ2v) is 4.89. The van der Waals surface area contributed by atoms with Crippen molar-refractivity contribution < 1.29 is 19.1 Å². The highest BCUT2D eigenvalue weighted by molar-refractivity contribution is 5.92. The first-order chi connectivity index (χ1) is 12.0. The van der Waals surface area contributed by atoms with E-state index in [0.29, 0.717) is 5.39 Å². The lowest BCUT2D eigenvalue weighted by Gasteiger charge is -2.00. The number of anilines is 1. The molecule has 7 heteroatoms. The lowest BCUT2D eigenvalue weighted by Crippen LogP contribution is -2.21. The van der Waals surface area contributed by atoms with Crippen LogP contribution in [0, 0.1) is 0 Å². The van der Waals surface area contributed by atoms with Gasteiger partial charge in [-0.25, -0.2) is 4.79 Å². The molecule has 1 heterocycles. The molecule has 1 aromatic heterocycles. The van der Waals surface area contributed by atoms with Gasteiger partial charge in [0, 0.05) is 11.8 Å². The maximum absolute atomic E-state index is 11.4. The van der Waals surface area contributed by atoms with Gasteiger partial charge < -0.3 is 20.6 Å². The van der Waals surface area contributed by atoms with Crippen LogP contribution in [-0.4, -0.2) is 23.5 Å². The van der Waals surface area contributed by atoms with E-state index in [4.69, 9.17) is 15.3 Å². The largest absolute Gasteiger partial charge is 0.475 e. The highest BCUT2D eigenvalue weighted by Crippen LogP contribution is 2.11. The third-order valence-electron chi connectivity index (χ3n) is 3.09. The molecule has 0 aliphatic carbocycles. The number of hydrogen-bond acceptors (Lipinski definition) is 5. The number of rotatable bonds is 3. The Balaban J connectivity index is 0.000000186. The van der Waals surface area contributed by atoms with Crippen LogP contribution in [0.5, 0.6) is 0 Å². The van der Waals surface area contributed by atoms with Crippen molar-refractivity contribution in [2.75, 3.05) is 11.9 Å². The fourth-order valence-corrected chi connectivity index (χ4v) is 1.94. The third kappa shape index (κ3) is 5.02. The zero-order valence-corrected chi connectivity index (χ0v) is 13.1. The number of aromatic carboxylic acids is 1. The van der Waals surface area contributed by atoms with Crippen molar-refractivity contribution in [2.24, 2.45) is 5.73 Å². The summed E-state index contributed by atoms with van der Waals surface area (Å²) in [6.45, 7) is 0.0227. The lowest BCUT2D eigenvalue weighted by molar-refractivity contribution is -0.114. The summed E-state index contributed by atoms with van der Waals surface area (Å²) < 4.78 is 5.00. The van der Waals surface area contributed by atoms with E-state index < -0.39 is 5.97 Å². The van der Waals surface area contributed by atoms with E-state index in [0.717, 1.165) is 11.8 Å². The molecule has 0 spiro atoms. The molecule has 3 rings (SSSR count). The lowest BCUT2D eigenvalue weighted by atomic mass is 10.2. The summed E-state index contributed by atoms with van der Waals surface area (Å²) in [5, 5.41) is 11.7. The fourth-order valence-electron chi connectivity index (χ4n) is 1.94. The van der Waals surface area contributed by atoms with Gasteiger partial charge in [-0.2, -0.15) is 0 Å². The molecule has 1 amide bonds. The average molecular weight is 340 g/mol. The van der Waals surface area contributed by atoms with Gasteiger partial charge in [0.05, 0.1) is 11.9 Å². The third-order valence-corrected chi connectivity index (χ3v) is 3.09. The highest BCUT2D eigenvalue weighted by Gasteiger charge is 2.09. The number of amides is 1. The van der Waals surface area contributed by atoms with E-state index >= 15 is 0 Å². The Morgan fingerprint density at radius 1 is 1.04 bits per heavy atom. The van der Waals surface area contributed by atoms with Crippen LogP contribution in [0.2, 0.25) is 0 Å². The molecule has 3 aromatic rings. The molecule has 0 fully saturated rings. The van der Waals surface area contributed by atoms with E-state index in [1.807, 2.05) is 30.3 Å². The topological polar surface area (TPSA) is 123 Å². The predicted molar refractivity (Wildman–Crippen MR) is 93.6 cm³/mol. The summed E-state index contributed by atoms with van der Waals surface area (Å²) in [5.74, 6) is -1.75. The Bertz CT molecular complexity index is 935. The van der Waals surface area contributed by atoms with E-state index in [9.17, 15) is 14.4 Å². The second kappa shape index (κ2) is 8.42. The molecular formula is C18H16N2O5. The Morgan fingerprint density at radius 2 is 1.68 bits per heavy atom. The standard InChI is InChI=1S/C10H6O4.C8H10N2O/c11-7-5-9(10(12)13)14-8-4-2-1-3-6(7)8;9-6-8(11)10-7-4-2-1-3-5-7/h1-5H,(H,12,13);1-5H,6,9H2,(H,10,11). The predicted octanol–water partition coefficient (Wildman–Crippen LogP) is 2.07. The summed E-state index contributed by atoms with van der Waals surface area (Å²) >= 11 is 0. The van der Waals surface area contributed by atoms with Crippen LogP contribution in [0.1, 0.15) is 10.6 Å². The van der Waals surface area contributed by atoms with Crippen LogP contribution in [0.4, 0.5) is 5.69 Å². The van der Waals surface area contributed by atoms with Crippen LogP contribution in [0.25, 0.3) is 11.0 Å². The number of benzene rings is 2. The summed E-state index contributed by atoms with van der Waals surface area (Å²) in [7, 11) is 0. The van der Waals surface area contributed by atoms with Crippen molar-refractivity contribution in [3.8, 4) is 0 Å². The summed E-state index contributed by atoms with van der Waals surface area (Å²) in [6, 6.07) is 16.7. The van der Waals surface area contributed by atoms with Gasteiger partial charge in [-0.3, -0.25) is 9.59 Å². The van der Waals surface area contributed by atoms with Gasteiger partial charge in [0.25, 0.3) is 0 Å². The van der Waals surface area contributed by atoms with E-state index in [2.05, 4.69) is 5.32 Å². The maximum atomic E-state index is 11.4. The smallest absolute Gasteiger partial charge is 0.371 e. The Labute approximate surface area is 142 Å². The van der Waals surface area contributed by atoms with Gasteiger partial charge >= 0.3 is 5.97 Å². The SMILES string of the molecule is NCC(=O)Nc1ccccc1.O=C(O)c1cc(=O)c2ccccc2o1. The number of nitrogens with one attached hydrogen (secondary N) is 1. The van der Waals surface area contributed by atoms with Gasteiger partial charge in [0.15, 0.2) is 5.43 Å². The molecule has 0 radical (unpaired) electrons. The van der Waals surface area contributed by atoms with Crippen LogP contribution >= 0.6 is 0 Å². The molecular weight excluding hydrogens is 324 g/mol.